The molecule has 1 fully saturated rings. The predicted molar refractivity (Wildman–Crippen MR) is 84.4 cm³/mol. The molecule has 3 atom stereocenters. The third kappa shape index (κ3) is 4.59. The molecule has 0 aliphatic heterocycles. The topological polar surface area (TPSA) is 74.8 Å². The van der Waals surface area contributed by atoms with Crippen LogP contribution in [-0.2, 0) is 4.79 Å². The average molecular weight is 309 g/mol. The SMILES string of the molecule is Cc1cc(=O)[nH]c(SCC(=O)N[C@H]2CCC[C@@H](C)[C@H]2C)n1. The highest BCUT2D eigenvalue weighted by atomic mass is 32.2. The van der Waals surface area contributed by atoms with E-state index in [-0.39, 0.29) is 23.3 Å². The van der Waals surface area contributed by atoms with Crippen molar-refractivity contribution < 1.29 is 4.79 Å². The van der Waals surface area contributed by atoms with E-state index in [1.165, 1.54) is 30.7 Å². The molecule has 1 aliphatic rings. The molecule has 0 unspecified atom stereocenters. The van der Waals surface area contributed by atoms with Gasteiger partial charge in [-0.1, -0.05) is 38.5 Å². The maximum atomic E-state index is 12.1. The van der Waals surface area contributed by atoms with E-state index in [1.807, 2.05) is 0 Å². The lowest BCUT2D eigenvalue weighted by molar-refractivity contribution is -0.120. The molecule has 0 aromatic carbocycles. The molecule has 2 rings (SSSR count). The van der Waals surface area contributed by atoms with Crippen molar-refractivity contribution in [1.82, 2.24) is 15.3 Å². The molecule has 116 valence electrons. The Kier molecular flexibility index (Phi) is 5.45. The minimum atomic E-state index is -0.180. The van der Waals surface area contributed by atoms with Gasteiger partial charge in [-0.25, -0.2) is 4.98 Å². The summed E-state index contributed by atoms with van der Waals surface area (Å²) in [4.78, 5) is 30.2. The molecule has 21 heavy (non-hydrogen) atoms. The summed E-state index contributed by atoms with van der Waals surface area (Å²) in [6.07, 6.45) is 3.48. The fourth-order valence-corrected chi connectivity index (χ4v) is 3.52. The van der Waals surface area contributed by atoms with Gasteiger partial charge in [-0.2, -0.15) is 0 Å². The van der Waals surface area contributed by atoms with E-state index in [0.29, 0.717) is 22.7 Å². The summed E-state index contributed by atoms with van der Waals surface area (Å²) in [6, 6.07) is 1.71. The van der Waals surface area contributed by atoms with E-state index < -0.39 is 0 Å². The molecular formula is C15H23N3O2S. The van der Waals surface area contributed by atoms with Crippen molar-refractivity contribution in [3.05, 3.63) is 22.1 Å². The quantitative estimate of drug-likeness (QED) is 0.660. The molecule has 1 aromatic heterocycles. The number of H-pyrrole nitrogens is 1. The first-order valence-electron chi connectivity index (χ1n) is 7.46. The van der Waals surface area contributed by atoms with Crippen LogP contribution in [0.5, 0.6) is 0 Å². The van der Waals surface area contributed by atoms with Gasteiger partial charge in [-0.15, -0.1) is 0 Å². The molecule has 1 amide bonds. The molecule has 1 saturated carbocycles. The Balaban J connectivity index is 1.86. The van der Waals surface area contributed by atoms with E-state index in [2.05, 4.69) is 29.1 Å². The summed E-state index contributed by atoms with van der Waals surface area (Å²) in [6.45, 7) is 6.23. The fourth-order valence-electron chi connectivity index (χ4n) is 2.79. The van der Waals surface area contributed by atoms with Gasteiger partial charge in [0.15, 0.2) is 5.16 Å². The zero-order chi connectivity index (χ0) is 15.4. The Morgan fingerprint density at radius 1 is 1.48 bits per heavy atom. The van der Waals surface area contributed by atoms with Gasteiger partial charge in [0.25, 0.3) is 5.56 Å². The van der Waals surface area contributed by atoms with Crippen LogP contribution in [0, 0.1) is 18.8 Å². The number of hydrogen-bond acceptors (Lipinski definition) is 4. The number of aromatic amines is 1. The van der Waals surface area contributed by atoms with Gasteiger partial charge in [0.05, 0.1) is 5.75 Å². The lowest BCUT2D eigenvalue weighted by atomic mass is 9.78. The first-order valence-corrected chi connectivity index (χ1v) is 8.44. The highest BCUT2D eigenvalue weighted by Gasteiger charge is 2.27. The van der Waals surface area contributed by atoms with Gasteiger partial charge >= 0.3 is 0 Å². The van der Waals surface area contributed by atoms with Gasteiger partial charge in [0, 0.05) is 17.8 Å². The van der Waals surface area contributed by atoms with Crippen LogP contribution in [0.25, 0.3) is 0 Å². The van der Waals surface area contributed by atoms with Gasteiger partial charge in [-0.3, -0.25) is 9.59 Å². The Morgan fingerprint density at radius 3 is 2.95 bits per heavy atom. The van der Waals surface area contributed by atoms with Crippen molar-refractivity contribution in [1.29, 1.82) is 0 Å². The number of carbonyl (C=O) groups is 1. The molecule has 5 nitrogen and oxygen atoms in total. The number of aryl methyl sites for hydroxylation is 1. The zero-order valence-corrected chi connectivity index (χ0v) is 13.6. The normalized spacial score (nSPS) is 25.6. The van der Waals surface area contributed by atoms with E-state index in [0.717, 1.165) is 6.42 Å². The Hall–Kier alpha value is -1.30. The van der Waals surface area contributed by atoms with Crippen molar-refractivity contribution in [2.24, 2.45) is 11.8 Å². The lowest BCUT2D eigenvalue weighted by Crippen LogP contribution is -2.44. The van der Waals surface area contributed by atoms with Crippen molar-refractivity contribution in [3.8, 4) is 0 Å². The molecular weight excluding hydrogens is 286 g/mol. The third-order valence-corrected chi connectivity index (χ3v) is 5.11. The second-order valence-corrected chi connectivity index (χ2v) is 6.89. The summed E-state index contributed by atoms with van der Waals surface area (Å²) in [5, 5.41) is 3.62. The molecule has 1 aromatic rings. The number of nitrogens with one attached hydrogen (secondary N) is 2. The summed E-state index contributed by atoms with van der Waals surface area (Å²) in [5.74, 6) is 1.47. The van der Waals surface area contributed by atoms with Crippen molar-refractivity contribution in [2.45, 2.75) is 51.2 Å². The molecule has 0 bridgehead atoms. The van der Waals surface area contributed by atoms with E-state index in [4.69, 9.17) is 0 Å². The van der Waals surface area contributed by atoms with E-state index >= 15 is 0 Å². The monoisotopic (exact) mass is 309 g/mol. The molecule has 2 N–H and O–H groups in total. The Morgan fingerprint density at radius 2 is 2.24 bits per heavy atom. The maximum Gasteiger partial charge on any atom is 0.251 e. The van der Waals surface area contributed by atoms with E-state index in [9.17, 15) is 9.59 Å². The first kappa shape index (κ1) is 16.1. The summed E-state index contributed by atoms with van der Waals surface area (Å²) in [7, 11) is 0. The highest BCUT2D eigenvalue weighted by molar-refractivity contribution is 7.99. The van der Waals surface area contributed by atoms with Gasteiger partial charge < -0.3 is 10.3 Å². The van der Waals surface area contributed by atoms with Crippen molar-refractivity contribution in [2.75, 3.05) is 5.75 Å². The van der Waals surface area contributed by atoms with Gasteiger partial charge in [0.2, 0.25) is 5.91 Å². The summed E-state index contributed by atoms with van der Waals surface area (Å²) >= 11 is 1.27. The number of carbonyl (C=O) groups excluding carboxylic acids is 1. The van der Waals surface area contributed by atoms with Crippen LogP contribution in [-0.4, -0.2) is 27.7 Å². The van der Waals surface area contributed by atoms with Crippen LogP contribution in [0.4, 0.5) is 0 Å². The lowest BCUT2D eigenvalue weighted by Gasteiger charge is -2.34. The largest absolute Gasteiger partial charge is 0.352 e. The number of aromatic nitrogens is 2. The molecule has 1 heterocycles. The predicted octanol–water partition coefficient (Wildman–Crippen LogP) is 2.11. The van der Waals surface area contributed by atoms with Crippen molar-refractivity contribution in [3.63, 3.8) is 0 Å². The van der Waals surface area contributed by atoms with Gasteiger partial charge in [-0.05, 0) is 25.2 Å². The van der Waals surface area contributed by atoms with Gasteiger partial charge in [0.1, 0.15) is 0 Å². The fraction of sp³-hybridized carbons (Fsp3) is 0.667. The molecule has 1 aliphatic carbocycles. The first-order chi connectivity index (χ1) is 9.95. The zero-order valence-electron chi connectivity index (χ0n) is 12.8. The minimum Gasteiger partial charge on any atom is -0.352 e. The van der Waals surface area contributed by atoms with Crippen LogP contribution >= 0.6 is 11.8 Å². The smallest absolute Gasteiger partial charge is 0.251 e. The van der Waals surface area contributed by atoms with Crippen LogP contribution in [0.2, 0.25) is 0 Å². The summed E-state index contributed by atoms with van der Waals surface area (Å²) in [5.41, 5.74) is 0.483. The van der Waals surface area contributed by atoms with Crippen LogP contribution in [0.3, 0.4) is 0 Å². The molecule has 6 heteroatoms. The highest BCUT2D eigenvalue weighted by Crippen LogP contribution is 2.29. The minimum absolute atomic E-state index is 0.00936. The number of rotatable bonds is 4. The Labute approximate surface area is 129 Å². The molecule has 0 radical (unpaired) electrons. The van der Waals surface area contributed by atoms with E-state index in [1.54, 1.807) is 6.92 Å². The van der Waals surface area contributed by atoms with Crippen LogP contribution < -0.4 is 10.9 Å². The standard InChI is InChI=1S/C15H23N3O2S/c1-9-5-4-6-12(11(9)3)17-14(20)8-21-15-16-10(2)7-13(19)18-15/h7,9,11-12H,4-6,8H2,1-3H3,(H,17,20)(H,16,18,19)/t9-,11-,12+/m1/s1. The number of amides is 1. The maximum absolute atomic E-state index is 12.1. The number of nitrogens with zero attached hydrogens (tertiary/aromatic N) is 1. The number of thioether (sulfide) groups is 1. The second-order valence-electron chi connectivity index (χ2n) is 5.92. The third-order valence-electron chi connectivity index (χ3n) is 4.24. The van der Waals surface area contributed by atoms with Crippen molar-refractivity contribution >= 4 is 17.7 Å². The second kappa shape index (κ2) is 7.11. The van der Waals surface area contributed by atoms with Crippen LogP contribution in [0.15, 0.2) is 16.0 Å². The average Bonchev–Trinajstić information content (AvgIpc) is 2.41. The molecule has 0 saturated heterocycles. The number of hydrogen-bond donors (Lipinski definition) is 2. The Bertz CT molecular complexity index is 558. The molecule has 0 spiro atoms. The van der Waals surface area contributed by atoms with Crippen LogP contribution in [0.1, 0.15) is 38.8 Å². The summed E-state index contributed by atoms with van der Waals surface area (Å²) < 4.78 is 0.